The molecular weight excluding hydrogens is 230 g/mol. The van der Waals surface area contributed by atoms with Gasteiger partial charge in [-0.2, -0.15) is 5.10 Å². The Hall–Kier alpha value is -1.36. The van der Waals surface area contributed by atoms with Crippen molar-refractivity contribution in [2.45, 2.75) is 40.5 Å². The quantitative estimate of drug-likeness (QED) is 0.710. The SMILES string of the molecule is Cc1n[nH]c(C)c1CC(=O)NCC(C)(C)CCO. The van der Waals surface area contributed by atoms with Crippen LogP contribution in [0.2, 0.25) is 0 Å². The summed E-state index contributed by atoms with van der Waals surface area (Å²) in [6.45, 7) is 8.57. The zero-order valence-electron chi connectivity index (χ0n) is 11.6. The molecule has 102 valence electrons. The summed E-state index contributed by atoms with van der Waals surface area (Å²) in [5, 5.41) is 18.8. The highest BCUT2D eigenvalue weighted by molar-refractivity contribution is 5.79. The fraction of sp³-hybridized carbons (Fsp3) is 0.692. The first kappa shape index (κ1) is 14.7. The number of rotatable bonds is 6. The number of carbonyl (C=O) groups is 1. The van der Waals surface area contributed by atoms with E-state index in [-0.39, 0.29) is 17.9 Å². The summed E-state index contributed by atoms with van der Waals surface area (Å²) in [6, 6.07) is 0. The molecule has 1 amide bonds. The minimum atomic E-state index is -0.0785. The van der Waals surface area contributed by atoms with Gasteiger partial charge in [0.2, 0.25) is 5.91 Å². The Morgan fingerprint density at radius 1 is 1.44 bits per heavy atom. The average molecular weight is 253 g/mol. The molecule has 1 heterocycles. The summed E-state index contributed by atoms with van der Waals surface area (Å²) in [5.41, 5.74) is 2.70. The Morgan fingerprint density at radius 2 is 2.11 bits per heavy atom. The van der Waals surface area contributed by atoms with Crippen LogP contribution in [0.4, 0.5) is 0 Å². The van der Waals surface area contributed by atoms with Gasteiger partial charge in [-0.15, -0.1) is 0 Å². The second kappa shape index (κ2) is 6.00. The third-order valence-electron chi connectivity index (χ3n) is 3.17. The van der Waals surface area contributed by atoms with E-state index in [2.05, 4.69) is 15.5 Å². The van der Waals surface area contributed by atoms with Crippen molar-refractivity contribution >= 4 is 5.91 Å². The van der Waals surface area contributed by atoms with Crippen LogP contribution in [-0.2, 0) is 11.2 Å². The summed E-state index contributed by atoms with van der Waals surface area (Å²) >= 11 is 0. The topological polar surface area (TPSA) is 78.0 Å². The Kier molecular flexibility index (Phi) is 4.90. The number of aromatic amines is 1. The van der Waals surface area contributed by atoms with Gasteiger partial charge in [-0.1, -0.05) is 13.8 Å². The van der Waals surface area contributed by atoms with Crippen molar-refractivity contribution in [3.63, 3.8) is 0 Å². The minimum Gasteiger partial charge on any atom is -0.396 e. The van der Waals surface area contributed by atoms with Crippen molar-refractivity contribution < 1.29 is 9.90 Å². The maximum Gasteiger partial charge on any atom is 0.224 e. The van der Waals surface area contributed by atoms with Gasteiger partial charge < -0.3 is 10.4 Å². The molecule has 0 saturated heterocycles. The summed E-state index contributed by atoms with van der Waals surface area (Å²) in [6.07, 6.45) is 1.03. The molecule has 0 aromatic carbocycles. The molecule has 1 rings (SSSR count). The summed E-state index contributed by atoms with van der Waals surface area (Å²) < 4.78 is 0. The summed E-state index contributed by atoms with van der Waals surface area (Å²) in [7, 11) is 0. The van der Waals surface area contributed by atoms with Crippen LogP contribution in [0, 0.1) is 19.3 Å². The highest BCUT2D eigenvalue weighted by Crippen LogP contribution is 2.18. The second-order valence-electron chi connectivity index (χ2n) is 5.50. The zero-order chi connectivity index (χ0) is 13.8. The highest BCUT2D eigenvalue weighted by atomic mass is 16.3. The molecule has 1 aromatic heterocycles. The molecule has 5 heteroatoms. The fourth-order valence-corrected chi connectivity index (χ4v) is 1.79. The molecule has 0 bridgehead atoms. The molecule has 18 heavy (non-hydrogen) atoms. The maximum absolute atomic E-state index is 11.9. The van der Waals surface area contributed by atoms with Crippen molar-refractivity contribution in [2.75, 3.05) is 13.2 Å². The van der Waals surface area contributed by atoms with Crippen LogP contribution in [0.5, 0.6) is 0 Å². The van der Waals surface area contributed by atoms with E-state index in [4.69, 9.17) is 5.11 Å². The van der Waals surface area contributed by atoms with Gasteiger partial charge in [-0.3, -0.25) is 9.89 Å². The molecule has 1 aromatic rings. The van der Waals surface area contributed by atoms with E-state index < -0.39 is 0 Å². The molecule has 5 nitrogen and oxygen atoms in total. The smallest absolute Gasteiger partial charge is 0.224 e. The standard InChI is InChI=1S/C13H23N3O2/c1-9-11(10(2)16-15-9)7-12(18)14-8-13(3,4)5-6-17/h17H,5-8H2,1-4H3,(H,14,18)(H,15,16). The van der Waals surface area contributed by atoms with E-state index in [1.54, 1.807) is 0 Å². The van der Waals surface area contributed by atoms with Crippen molar-refractivity contribution in [3.8, 4) is 0 Å². The monoisotopic (exact) mass is 253 g/mol. The molecule has 0 fully saturated rings. The number of aryl methyl sites for hydroxylation is 2. The number of aliphatic hydroxyl groups excluding tert-OH is 1. The van der Waals surface area contributed by atoms with E-state index in [9.17, 15) is 4.79 Å². The first-order valence-corrected chi connectivity index (χ1v) is 6.24. The minimum absolute atomic E-state index is 0.00591. The third-order valence-corrected chi connectivity index (χ3v) is 3.17. The van der Waals surface area contributed by atoms with Crippen LogP contribution >= 0.6 is 0 Å². The van der Waals surface area contributed by atoms with Crippen molar-refractivity contribution in [3.05, 3.63) is 17.0 Å². The van der Waals surface area contributed by atoms with E-state index >= 15 is 0 Å². The second-order valence-corrected chi connectivity index (χ2v) is 5.50. The zero-order valence-corrected chi connectivity index (χ0v) is 11.6. The predicted molar refractivity (Wildman–Crippen MR) is 70.3 cm³/mol. The summed E-state index contributed by atoms with van der Waals surface area (Å²) in [4.78, 5) is 11.9. The van der Waals surface area contributed by atoms with Gasteiger partial charge in [0.05, 0.1) is 12.1 Å². The van der Waals surface area contributed by atoms with Gasteiger partial charge in [0, 0.05) is 24.4 Å². The van der Waals surface area contributed by atoms with Gasteiger partial charge in [0.15, 0.2) is 0 Å². The van der Waals surface area contributed by atoms with Crippen LogP contribution in [0.25, 0.3) is 0 Å². The number of nitrogens with zero attached hydrogens (tertiary/aromatic N) is 1. The third kappa shape index (κ3) is 4.14. The maximum atomic E-state index is 11.9. The van der Waals surface area contributed by atoms with Crippen molar-refractivity contribution in [2.24, 2.45) is 5.41 Å². The molecule has 0 spiro atoms. The lowest BCUT2D eigenvalue weighted by molar-refractivity contribution is -0.120. The van der Waals surface area contributed by atoms with Gasteiger partial charge >= 0.3 is 0 Å². The van der Waals surface area contributed by atoms with Gasteiger partial charge in [-0.05, 0) is 25.7 Å². The van der Waals surface area contributed by atoms with Crippen LogP contribution in [0.3, 0.4) is 0 Å². The Bertz CT molecular complexity index is 391. The van der Waals surface area contributed by atoms with Gasteiger partial charge in [0.1, 0.15) is 0 Å². The number of aliphatic hydroxyl groups is 1. The van der Waals surface area contributed by atoms with E-state index in [0.29, 0.717) is 19.4 Å². The van der Waals surface area contributed by atoms with Crippen LogP contribution in [0.1, 0.15) is 37.2 Å². The van der Waals surface area contributed by atoms with Crippen molar-refractivity contribution in [1.29, 1.82) is 0 Å². The van der Waals surface area contributed by atoms with Crippen LogP contribution in [0.15, 0.2) is 0 Å². The Morgan fingerprint density at radius 3 is 2.61 bits per heavy atom. The van der Waals surface area contributed by atoms with Crippen LogP contribution < -0.4 is 5.32 Å². The molecule has 0 aliphatic heterocycles. The van der Waals surface area contributed by atoms with Crippen molar-refractivity contribution in [1.82, 2.24) is 15.5 Å². The summed E-state index contributed by atoms with van der Waals surface area (Å²) in [5.74, 6) is -0.00591. The lowest BCUT2D eigenvalue weighted by Gasteiger charge is -2.23. The highest BCUT2D eigenvalue weighted by Gasteiger charge is 2.19. The number of carbonyl (C=O) groups excluding carboxylic acids is 1. The average Bonchev–Trinajstić information content (AvgIpc) is 2.58. The largest absolute Gasteiger partial charge is 0.396 e. The fourth-order valence-electron chi connectivity index (χ4n) is 1.79. The molecule has 0 aliphatic carbocycles. The molecular formula is C13H23N3O2. The predicted octanol–water partition coefficient (Wildman–Crippen LogP) is 1.09. The number of hydrogen-bond acceptors (Lipinski definition) is 3. The molecule has 0 unspecified atom stereocenters. The number of nitrogens with one attached hydrogen (secondary N) is 2. The molecule has 0 radical (unpaired) electrons. The normalized spacial score (nSPS) is 11.6. The number of H-pyrrole nitrogens is 1. The van der Waals surface area contributed by atoms with E-state index in [1.165, 1.54) is 0 Å². The molecule has 3 N–H and O–H groups in total. The van der Waals surface area contributed by atoms with E-state index in [1.807, 2.05) is 27.7 Å². The van der Waals surface area contributed by atoms with Gasteiger partial charge in [0.25, 0.3) is 0 Å². The lowest BCUT2D eigenvalue weighted by atomic mass is 9.89. The first-order chi connectivity index (χ1) is 8.35. The lowest BCUT2D eigenvalue weighted by Crippen LogP contribution is -2.35. The molecule has 0 aliphatic rings. The number of amides is 1. The first-order valence-electron chi connectivity index (χ1n) is 6.24. The van der Waals surface area contributed by atoms with Crippen LogP contribution in [-0.4, -0.2) is 34.4 Å². The Balaban J connectivity index is 2.48. The van der Waals surface area contributed by atoms with E-state index in [0.717, 1.165) is 17.0 Å². The number of aromatic nitrogens is 2. The number of hydrogen-bond donors (Lipinski definition) is 3. The Labute approximate surface area is 108 Å². The van der Waals surface area contributed by atoms with Gasteiger partial charge in [-0.25, -0.2) is 0 Å². The molecule has 0 saturated carbocycles. The molecule has 0 atom stereocenters.